The van der Waals surface area contributed by atoms with Crippen molar-refractivity contribution in [3.05, 3.63) is 66.4 Å². The van der Waals surface area contributed by atoms with E-state index in [9.17, 15) is 4.79 Å². The zero-order valence-electron chi connectivity index (χ0n) is 19.9. The molecule has 1 amide bonds. The molecule has 3 heterocycles. The van der Waals surface area contributed by atoms with Gasteiger partial charge >= 0.3 is 0 Å². The first-order valence-electron chi connectivity index (χ1n) is 12.4. The van der Waals surface area contributed by atoms with Gasteiger partial charge in [0.2, 0.25) is 5.91 Å². The first-order valence-corrected chi connectivity index (χ1v) is 13.3. The number of hydrogen-bond donors (Lipinski definition) is 1. The molecule has 0 unspecified atom stereocenters. The van der Waals surface area contributed by atoms with Crippen molar-refractivity contribution in [3.63, 3.8) is 0 Å². The minimum Gasteiger partial charge on any atom is -0.360 e. The standard InChI is InChI=1S/C27H30N6OS/c1-19(26(34)32-15-13-31(14-16-32)18-20-7-3-2-4-8-20)35-27-30-29-25(33(27)21-11-12-21)23-17-28-24-10-6-5-9-22(23)24/h2-10,17,19,21,28H,11-16,18H2,1H3/t19-/m0/s1. The van der Waals surface area contributed by atoms with Crippen molar-refractivity contribution in [3.8, 4) is 11.4 Å². The van der Waals surface area contributed by atoms with Crippen LogP contribution in [-0.4, -0.2) is 66.9 Å². The number of aromatic nitrogens is 4. The zero-order chi connectivity index (χ0) is 23.8. The van der Waals surface area contributed by atoms with Crippen LogP contribution < -0.4 is 0 Å². The van der Waals surface area contributed by atoms with Crippen LogP contribution in [0.25, 0.3) is 22.3 Å². The largest absolute Gasteiger partial charge is 0.360 e. The average Bonchev–Trinajstić information content (AvgIpc) is 3.51. The quantitative estimate of drug-likeness (QED) is 0.387. The number of carbonyl (C=O) groups is 1. The molecule has 1 aliphatic heterocycles. The van der Waals surface area contributed by atoms with Crippen LogP contribution in [0.3, 0.4) is 0 Å². The van der Waals surface area contributed by atoms with Crippen LogP contribution >= 0.6 is 11.8 Å². The fraction of sp³-hybridized carbons (Fsp3) is 0.370. The van der Waals surface area contributed by atoms with E-state index in [1.54, 1.807) is 11.8 Å². The molecule has 4 aromatic rings. The van der Waals surface area contributed by atoms with Crippen LogP contribution in [0, 0.1) is 0 Å². The molecule has 1 saturated heterocycles. The molecule has 8 heteroatoms. The van der Waals surface area contributed by atoms with Crippen LogP contribution in [0.4, 0.5) is 0 Å². The molecule has 1 aliphatic carbocycles. The van der Waals surface area contributed by atoms with Gasteiger partial charge in [0.15, 0.2) is 11.0 Å². The monoisotopic (exact) mass is 486 g/mol. The second-order valence-corrected chi connectivity index (χ2v) is 10.8. The smallest absolute Gasteiger partial charge is 0.235 e. The third kappa shape index (κ3) is 4.60. The predicted octanol–water partition coefficient (Wildman–Crippen LogP) is 4.59. The minimum atomic E-state index is -0.201. The molecule has 1 atom stereocenters. The molecule has 7 nitrogen and oxygen atoms in total. The van der Waals surface area contributed by atoms with Gasteiger partial charge in [-0.3, -0.25) is 14.3 Å². The molecular formula is C27H30N6OS. The topological polar surface area (TPSA) is 70.0 Å². The number of carbonyl (C=O) groups excluding carboxylic acids is 1. The number of thioether (sulfide) groups is 1. The van der Waals surface area contributed by atoms with Crippen molar-refractivity contribution in [1.29, 1.82) is 0 Å². The third-order valence-corrected chi connectivity index (χ3v) is 8.01. The summed E-state index contributed by atoms with van der Waals surface area (Å²) in [6, 6.07) is 19.2. The number of hydrogen-bond acceptors (Lipinski definition) is 5. The van der Waals surface area contributed by atoms with Crippen molar-refractivity contribution < 1.29 is 4.79 Å². The van der Waals surface area contributed by atoms with Crippen LogP contribution in [0.2, 0.25) is 0 Å². The maximum absolute atomic E-state index is 13.3. The van der Waals surface area contributed by atoms with Gasteiger partial charge in [-0.15, -0.1) is 10.2 Å². The summed E-state index contributed by atoms with van der Waals surface area (Å²) in [7, 11) is 0. The van der Waals surface area contributed by atoms with Gasteiger partial charge in [0.1, 0.15) is 0 Å². The molecule has 35 heavy (non-hydrogen) atoms. The van der Waals surface area contributed by atoms with Crippen LogP contribution in [0.1, 0.15) is 31.4 Å². The number of H-pyrrole nitrogens is 1. The maximum atomic E-state index is 13.3. The second-order valence-electron chi connectivity index (χ2n) is 9.50. The van der Waals surface area contributed by atoms with Gasteiger partial charge < -0.3 is 9.88 Å². The number of aromatic amines is 1. The highest BCUT2D eigenvalue weighted by Gasteiger charge is 2.33. The highest BCUT2D eigenvalue weighted by atomic mass is 32.2. The summed E-state index contributed by atoms with van der Waals surface area (Å²) < 4.78 is 2.25. The number of rotatable bonds is 7. The Morgan fingerprint density at radius 1 is 1.03 bits per heavy atom. The van der Waals surface area contributed by atoms with Gasteiger partial charge in [-0.1, -0.05) is 60.3 Å². The third-order valence-electron chi connectivity index (χ3n) is 6.97. The fourth-order valence-corrected chi connectivity index (χ4v) is 5.90. The van der Waals surface area contributed by atoms with Gasteiger partial charge in [-0.05, 0) is 31.4 Å². The van der Waals surface area contributed by atoms with Crippen molar-refractivity contribution in [2.75, 3.05) is 26.2 Å². The Morgan fingerprint density at radius 2 is 1.77 bits per heavy atom. The van der Waals surface area contributed by atoms with E-state index < -0.39 is 0 Å². The Labute approximate surface area is 209 Å². The minimum absolute atomic E-state index is 0.188. The Hall–Kier alpha value is -3.10. The number of para-hydroxylation sites is 1. The summed E-state index contributed by atoms with van der Waals surface area (Å²) in [5.74, 6) is 1.08. The normalized spacial score (nSPS) is 17.7. The molecule has 2 fully saturated rings. The molecule has 1 saturated carbocycles. The van der Waals surface area contributed by atoms with E-state index in [1.807, 2.05) is 36.2 Å². The number of nitrogens with zero attached hydrogens (tertiary/aromatic N) is 5. The van der Waals surface area contributed by atoms with Crippen molar-refractivity contribution in [2.24, 2.45) is 0 Å². The lowest BCUT2D eigenvalue weighted by Gasteiger charge is -2.35. The lowest BCUT2D eigenvalue weighted by Crippen LogP contribution is -2.50. The highest BCUT2D eigenvalue weighted by Crippen LogP contribution is 2.43. The first kappa shape index (κ1) is 22.4. The molecule has 180 valence electrons. The molecule has 6 rings (SSSR count). The van der Waals surface area contributed by atoms with E-state index in [0.29, 0.717) is 6.04 Å². The Bertz CT molecular complexity index is 1320. The van der Waals surface area contributed by atoms with Crippen molar-refractivity contribution >= 4 is 28.6 Å². The number of benzene rings is 2. The highest BCUT2D eigenvalue weighted by molar-refractivity contribution is 8.00. The van der Waals surface area contributed by atoms with Crippen LogP contribution in [0.5, 0.6) is 0 Å². The van der Waals surface area contributed by atoms with E-state index in [2.05, 4.69) is 61.0 Å². The molecule has 2 aromatic carbocycles. The SMILES string of the molecule is C[C@H](Sc1nnc(-c2c[nH]c3ccccc23)n1C1CC1)C(=O)N1CCN(Cc2ccccc2)CC1. The van der Waals surface area contributed by atoms with Crippen molar-refractivity contribution in [1.82, 2.24) is 29.5 Å². The van der Waals surface area contributed by atoms with Gasteiger partial charge in [-0.25, -0.2) is 0 Å². The summed E-state index contributed by atoms with van der Waals surface area (Å²) in [6.07, 6.45) is 4.28. The Morgan fingerprint density at radius 3 is 2.54 bits per heavy atom. The van der Waals surface area contributed by atoms with E-state index in [-0.39, 0.29) is 11.2 Å². The summed E-state index contributed by atoms with van der Waals surface area (Å²) in [5, 5.41) is 10.9. The first-order chi connectivity index (χ1) is 17.2. The summed E-state index contributed by atoms with van der Waals surface area (Å²) >= 11 is 1.54. The van der Waals surface area contributed by atoms with Crippen molar-refractivity contribution in [2.45, 2.75) is 42.8 Å². The van der Waals surface area contributed by atoms with Crippen LogP contribution in [-0.2, 0) is 11.3 Å². The molecule has 0 spiro atoms. The molecule has 1 N–H and O–H groups in total. The predicted molar refractivity (Wildman–Crippen MR) is 139 cm³/mol. The fourth-order valence-electron chi connectivity index (χ4n) is 4.89. The lowest BCUT2D eigenvalue weighted by molar-refractivity contribution is -0.132. The molecule has 2 aliphatic rings. The average molecular weight is 487 g/mol. The molecular weight excluding hydrogens is 456 g/mol. The van der Waals surface area contributed by atoms with E-state index in [0.717, 1.165) is 73.0 Å². The zero-order valence-corrected chi connectivity index (χ0v) is 20.7. The van der Waals surface area contributed by atoms with Gasteiger partial charge in [0.25, 0.3) is 0 Å². The van der Waals surface area contributed by atoms with Gasteiger partial charge in [0, 0.05) is 61.4 Å². The van der Waals surface area contributed by atoms with E-state index in [1.165, 1.54) is 5.56 Å². The number of fused-ring (bicyclic) bond motifs is 1. The molecule has 2 aromatic heterocycles. The number of nitrogens with one attached hydrogen (secondary N) is 1. The summed E-state index contributed by atoms with van der Waals surface area (Å²) in [4.78, 5) is 21.1. The van der Waals surface area contributed by atoms with Gasteiger partial charge in [0.05, 0.1) is 5.25 Å². The maximum Gasteiger partial charge on any atom is 0.235 e. The van der Waals surface area contributed by atoms with Crippen LogP contribution in [0.15, 0.2) is 66.0 Å². The number of amides is 1. The molecule has 0 radical (unpaired) electrons. The van der Waals surface area contributed by atoms with E-state index in [4.69, 9.17) is 0 Å². The number of piperazine rings is 1. The summed E-state index contributed by atoms with van der Waals surface area (Å²) in [6.45, 7) is 6.29. The van der Waals surface area contributed by atoms with E-state index >= 15 is 0 Å². The second kappa shape index (κ2) is 9.51. The summed E-state index contributed by atoms with van der Waals surface area (Å²) in [5.41, 5.74) is 3.49. The molecule has 0 bridgehead atoms. The van der Waals surface area contributed by atoms with Gasteiger partial charge in [-0.2, -0.15) is 0 Å². The lowest BCUT2D eigenvalue weighted by atomic mass is 10.1. The Kier molecular flexibility index (Phi) is 6.08. The Balaban J connectivity index is 1.13.